The van der Waals surface area contributed by atoms with E-state index in [4.69, 9.17) is 4.52 Å². The van der Waals surface area contributed by atoms with Gasteiger partial charge in [0, 0.05) is 24.6 Å². The molecule has 0 fully saturated rings. The first-order chi connectivity index (χ1) is 11.2. The lowest BCUT2D eigenvalue weighted by molar-refractivity contribution is 0.0933. The van der Waals surface area contributed by atoms with Gasteiger partial charge in [-0.3, -0.25) is 9.59 Å². The van der Waals surface area contributed by atoms with Crippen molar-refractivity contribution in [2.75, 3.05) is 6.54 Å². The van der Waals surface area contributed by atoms with Gasteiger partial charge in [-0.1, -0.05) is 41.6 Å². The van der Waals surface area contributed by atoms with Crippen LogP contribution >= 0.6 is 11.3 Å². The van der Waals surface area contributed by atoms with Gasteiger partial charge in [0.15, 0.2) is 17.2 Å². The molecular weight excluding hydrogens is 312 g/mol. The number of hydrogen-bond acceptors (Lipinski definition) is 5. The summed E-state index contributed by atoms with van der Waals surface area (Å²) in [5.74, 6) is 0.202. The number of aromatic nitrogens is 1. The zero-order valence-corrected chi connectivity index (χ0v) is 13.0. The molecule has 0 atom stereocenters. The molecule has 2 heterocycles. The third-order valence-corrected chi connectivity index (χ3v) is 4.12. The van der Waals surface area contributed by atoms with E-state index < -0.39 is 0 Å². The second-order valence-corrected chi connectivity index (χ2v) is 5.80. The Hall–Kier alpha value is -2.73. The maximum absolute atomic E-state index is 12.0. The lowest BCUT2D eigenvalue weighted by Crippen LogP contribution is -2.26. The Morgan fingerprint density at radius 1 is 1.13 bits per heavy atom. The topological polar surface area (TPSA) is 72.2 Å². The Labute approximate surface area is 136 Å². The van der Waals surface area contributed by atoms with Crippen LogP contribution in [0.3, 0.4) is 0 Å². The van der Waals surface area contributed by atoms with Crippen LogP contribution in [-0.4, -0.2) is 23.4 Å². The van der Waals surface area contributed by atoms with Crippen molar-refractivity contribution >= 4 is 23.0 Å². The summed E-state index contributed by atoms with van der Waals surface area (Å²) in [6, 6.07) is 14.4. The first-order valence-corrected chi connectivity index (χ1v) is 7.99. The third-order valence-electron chi connectivity index (χ3n) is 3.24. The molecular formula is C17H14N2O3S. The second kappa shape index (κ2) is 7.02. The highest BCUT2D eigenvalue weighted by Gasteiger charge is 2.14. The molecule has 116 valence electrons. The van der Waals surface area contributed by atoms with Gasteiger partial charge in [0.1, 0.15) is 0 Å². The molecule has 2 aromatic heterocycles. The van der Waals surface area contributed by atoms with Crippen molar-refractivity contribution in [1.29, 1.82) is 0 Å². The molecule has 5 nitrogen and oxygen atoms in total. The molecule has 0 radical (unpaired) electrons. The summed E-state index contributed by atoms with van der Waals surface area (Å²) >= 11 is 1.51. The maximum atomic E-state index is 12.0. The van der Waals surface area contributed by atoms with Crippen molar-refractivity contribution in [3.8, 4) is 10.6 Å². The maximum Gasteiger partial charge on any atom is 0.273 e. The van der Waals surface area contributed by atoms with E-state index in [0.29, 0.717) is 11.3 Å². The molecule has 6 heteroatoms. The molecule has 0 aliphatic heterocycles. The Bertz CT molecular complexity index is 794. The second-order valence-electron chi connectivity index (χ2n) is 4.85. The molecule has 0 saturated heterocycles. The summed E-state index contributed by atoms with van der Waals surface area (Å²) in [5, 5.41) is 8.37. The van der Waals surface area contributed by atoms with Gasteiger partial charge >= 0.3 is 0 Å². The summed E-state index contributed by atoms with van der Waals surface area (Å²) in [6.45, 7) is 0.258. The van der Waals surface area contributed by atoms with Crippen molar-refractivity contribution in [1.82, 2.24) is 10.5 Å². The average molecular weight is 326 g/mol. The van der Waals surface area contributed by atoms with Gasteiger partial charge in [-0.2, -0.15) is 0 Å². The zero-order valence-electron chi connectivity index (χ0n) is 12.2. The first kappa shape index (κ1) is 15.2. The number of carbonyl (C=O) groups is 2. The van der Waals surface area contributed by atoms with Crippen LogP contribution in [0.1, 0.15) is 27.3 Å². The Kier molecular flexibility index (Phi) is 4.63. The SMILES string of the molecule is O=C(CCNC(=O)c1cc(-c2cccs2)on1)c1ccccc1. The van der Waals surface area contributed by atoms with E-state index in [-0.39, 0.29) is 30.3 Å². The lowest BCUT2D eigenvalue weighted by Gasteiger charge is -2.02. The molecule has 0 bridgehead atoms. The van der Waals surface area contributed by atoms with Crippen molar-refractivity contribution < 1.29 is 14.1 Å². The normalized spacial score (nSPS) is 10.4. The van der Waals surface area contributed by atoms with Crippen molar-refractivity contribution in [2.24, 2.45) is 0 Å². The minimum absolute atomic E-state index is 0.00896. The Morgan fingerprint density at radius 3 is 2.70 bits per heavy atom. The highest BCUT2D eigenvalue weighted by Crippen LogP contribution is 2.24. The number of amides is 1. The van der Waals surface area contributed by atoms with Crippen LogP contribution < -0.4 is 5.32 Å². The highest BCUT2D eigenvalue weighted by molar-refractivity contribution is 7.13. The smallest absolute Gasteiger partial charge is 0.273 e. The predicted octanol–water partition coefficient (Wildman–Crippen LogP) is 3.41. The number of carbonyl (C=O) groups excluding carboxylic acids is 2. The van der Waals surface area contributed by atoms with E-state index in [1.165, 1.54) is 11.3 Å². The molecule has 0 spiro atoms. The van der Waals surface area contributed by atoms with Crippen molar-refractivity contribution in [2.45, 2.75) is 6.42 Å². The van der Waals surface area contributed by atoms with Crippen LogP contribution in [0.4, 0.5) is 0 Å². The number of Topliss-reactive ketones (excluding diaryl/α,β-unsaturated/α-hetero) is 1. The molecule has 0 aliphatic carbocycles. The highest BCUT2D eigenvalue weighted by atomic mass is 32.1. The van der Waals surface area contributed by atoms with E-state index >= 15 is 0 Å². The average Bonchev–Trinajstić information content (AvgIpc) is 3.26. The standard InChI is InChI=1S/C17H14N2O3S/c20-14(12-5-2-1-3-6-12)8-9-18-17(21)13-11-15(22-19-13)16-7-4-10-23-16/h1-7,10-11H,8-9H2,(H,18,21). The Morgan fingerprint density at radius 2 is 1.96 bits per heavy atom. The fraction of sp³-hybridized carbons (Fsp3) is 0.118. The van der Waals surface area contributed by atoms with Gasteiger partial charge in [-0.15, -0.1) is 11.3 Å². The molecule has 0 aliphatic rings. The van der Waals surface area contributed by atoms with Crippen molar-refractivity contribution in [3.63, 3.8) is 0 Å². The van der Waals surface area contributed by atoms with Gasteiger partial charge in [-0.25, -0.2) is 0 Å². The first-order valence-electron chi connectivity index (χ1n) is 7.11. The minimum Gasteiger partial charge on any atom is -0.355 e. The van der Waals surface area contributed by atoms with Gasteiger partial charge in [-0.05, 0) is 11.4 Å². The predicted molar refractivity (Wildman–Crippen MR) is 87.5 cm³/mol. The number of nitrogens with zero attached hydrogens (tertiary/aromatic N) is 1. The lowest BCUT2D eigenvalue weighted by atomic mass is 10.1. The van der Waals surface area contributed by atoms with E-state index in [1.54, 1.807) is 18.2 Å². The van der Waals surface area contributed by atoms with Crippen molar-refractivity contribution in [3.05, 3.63) is 65.2 Å². The quantitative estimate of drug-likeness (QED) is 0.705. The van der Waals surface area contributed by atoms with Crippen LogP contribution in [-0.2, 0) is 0 Å². The molecule has 3 rings (SSSR count). The van der Waals surface area contributed by atoms with Gasteiger partial charge in [0.2, 0.25) is 0 Å². The van der Waals surface area contributed by atoms with E-state index in [1.807, 2.05) is 35.7 Å². The van der Waals surface area contributed by atoms with Gasteiger partial charge in [0.25, 0.3) is 5.91 Å². The fourth-order valence-corrected chi connectivity index (χ4v) is 2.74. The minimum atomic E-state index is -0.350. The summed E-state index contributed by atoms with van der Waals surface area (Å²) in [6.07, 6.45) is 0.241. The van der Waals surface area contributed by atoms with Gasteiger partial charge < -0.3 is 9.84 Å². The number of thiophene rings is 1. The van der Waals surface area contributed by atoms with E-state index in [2.05, 4.69) is 10.5 Å². The van der Waals surface area contributed by atoms with Crippen LogP contribution in [0.25, 0.3) is 10.6 Å². The summed E-state index contributed by atoms with van der Waals surface area (Å²) in [7, 11) is 0. The van der Waals surface area contributed by atoms with E-state index in [9.17, 15) is 9.59 Å². The molecule has 1 aromatic carbocycles. The molecule has 0 unspecified atom stereocenters. The summed E-state index contributed by atoms with van der Waals surface area (Å²) in [4.78, 5) is 24.9. The molecule has 0 saturated carbocycles. The summed E-state index contributed by atoms with van der Waals surface area (Å²) < 4.78 is 5.16. The zero-order chi connectivity index (χ0) is 16.1. The van der Waals surface area contributed by atoms with Crippen LogP contribution in [0, 0.1) is 0 Å². The van der Waals surface area contributed by atoms with Gasteiger partial charge in [0.05, 0.1) is 4.88 Å². The third kappa shape index (κ3) is 3.73. The largest absolute Gasteiger partial charge is 0.355 e. The van der Waals surface area contributed by atoms with Crippen LogP contribution in [0.15, 0.2) is 58.4 Å². The molecule has 1 amide bonds. The number of rotatable bonds is 6. The van der Waals surface area contributed by atoms with Crippen LogP contribution in [0.5, 0.6) is 0 Å². The number of hydrogen-bond donors (Lipinski definition) is 1. The van der Waals surface area contributed by atoms with E-state index in [0.717, 1.165) is 4.88 Å². The fourth-order valence-electron chi connectivity index (χ4n) is 2.07. The number of nitrogens with one attached hydrogen (secondary N) is 1. The monoisotopic (exact) mass is 326 g/mol. The van der Waals surface area contributed by atoms with Crippen LogP contribution in [0.2, 0.25) is 0 Å². The number of ketones is 1. The Balaban J connectivity index is 1.53. The molecule has 23 heavy (non-hydrogen) atoms. The molecule has 1 N–H and O–H groups in total. The summed E-state index contributed by atoms with van der Waals surface area (Å²) in [5.41, 5.74) is 0.851. The molecule has 3 aromatic rings. The number of benzene rings is 1.